The van der Waals surface area contributed by atoms with Crippen molar-refractivity contribution in [2.45, 2.75) is 54.9 Å². The van der Waals surface area contributed by atoms with E-state index in [2.05, 4.69) is 48.5 Å². The summed E-state index contributed by atoms with van der Waals surface area (Å²) in [5.41, 5.74) is 3.98. The molecule has 2 aromatic rings. The molecule has 4 atom stereocenters. The van der Waals surface area contributed by atoms with E-state index >= 15 is 0 Å². The molecule has 1 saturated carbocycles. The summed E-state index contributed by atoms with van der Waals surface area (Å²) in [5.74, 6) is 0.493. The SMILES string of the molecule is O=S1[C@@H](c2ccccc2)c2ccccc2[C@@H]2CCCCCC[C@H]21. The van der Waals surface area contributed by atoms with Gasteiger partial charge in [0.05, 0.1) is 5.25 Å². The smallest absolute Gasteiger partial charge is 0.0852 e. The average molecular weight is 324 g/mol. The molecule has 0 bridgehead atoms. The lowest BCUT2D eigenvalue weighted by molar-refractivity contribution is 0.450. The minimum atomic E-state index is -0.826. The zero-order valence-corrected chi connectivity index (χ0v) is 14.3. The van der Waals surface area contributed by atoms with Crippen LogP contribution in [-0.4, -0.2) is 9.46 Å². The van der Waals surface area contributed by atoms with Gasteiger partial charge in [-0.05, 0) is 35.4 Å². The topological polar surface area (TPSA) is 17.1 Å². The van der Waals surface area contributed by atoms with Gasteiger partial charge in [0.1, 0.15) is 0 Å². The van der Waals surface area contributed by atoms with Crippen LogP contribution in [0.2, 0.25) is 0 Å². The second kappa shape index (κ2) is 6.60. The molecule has 1 fully saturated rings. The third-order valence-corrected chi connectivity index (χ3v) is 7.67. The van der Waals surface area contributed by atoms with E-state index in [-0.39, 0.29) is 5.25 Å². The van der Waals surface area contributed by atoms with Gasteiger partial charge in [-0.2, -0.15) is 0 Å². The predicted octanol–water partition coefficient (Wildman–Crippen LogP) is 5.34. The van der Waals surface area contributed by atoms with E-state index < -0.39 is 10.8 Å². The van der Waals surface area contributed by atoms with Crippen LogP contribution in [0.15, 0.2) is 54.6 Å². The highest BCUT2D eigenvalue weighted by Gasteiger charge is 2.40. The van der Waals surface area contributed by atoms with Crippen LogP contribution < -0.4 is 0 Å². The standard InChI is InChI=1S/C21H24OS/c22-23-20-15-7-2-1-6-13-18(20)17-12-8-9-14-19(17)21(23)16-10-4-3-5-11-16/h3-5,8-12,14,18,20-21H,1-2,6-7,13,15H2/t18-,20+,21-,23?/m0/s1. The number of hydrogen-bond acceptors (Lipinski definition) is 1. The Morgan fingerprint density at radius 2 is 1.39 bits per heavy atom. The van der Waals surface area contributed by atoms with Gasteiger partial charge >= 0.3 is 0 Å². The quantitative estimate of drug-likeness (QED) is 0.691. The van der Waals surface area contributed by atoms with Gasteiger partial charge in [-0.3, -0.25) is 4.21 Å². The molecule has 0 N–H and O–H groups in total. The van der Waals surface area contributed by atoms with Crippen molar-refractivity contribution in [2.75, 3.05) is 0 Å². The van der Waals surface area contributed by atoms with E-state index in [1.54, 1.807) is 0 Å². The van der Waals surface area contributed by atoms with Gasteiger partial charge < -0.3 is 0 Å². The van der Waals surface area contributed by atoms with Gasteiger partial charge in [-0.25, -0.2) is 0 Å². The van der Waals surface area contributed by atoms with Gasteiger partial charge in [-0.1, -0.05) is 80.3 Å². The second-order valence-electron chi connectivity index (χ2n) is 6.88. The summed E-state index contributed by atoms with van der Waals surface area (Å²) in [7, 11) is -0.826. The summed E-state index contributed by atoms with van der Waals surface area (Å²) in [5, 5.41) is 0.378. The molecule has 1 unspecified atom stereocenters. The molecule has 0 saturated heterocycles. The number of benzene rings is 2. The molecule has 0 spiro atoms. The molecule has 1 nitrogen and oxygen atoms in total. The zero-order chi connectivity index (χ0) is 15.6. The molecule has 2 aromatic carbocycles. The van der Waals surface area contributed by atoms with E-state index in [1.165, 1.54) is 48.8 Å². The summed E-state index contributed by atoms with van der Waals surface area (Å²) in [4.78, 5) is 0. The molecule has 0 amide bonds. The van der Waals surface area contributed by atoms with Crippen molar-refractivity contribution in [3.63, 3.8) is 0 Å². The van der Waals surface area contributed by atoms with Crippen molar-refractivity contribution >= 4 is 10.8 Å². The Morgan fingerprint density at radius 1 is 0.739 bits per heavy atom. The zero-order valence-electron chi connectivity index (χ0n) is 13.5. The van der Waals surface area contributed by atoms with Crippen molar-refractivity contribution in [2.24, 2.45) is 0 Å². The number of fused-ring (bicyclic) bond motifs is 3. The van der Waals surface area contributed by atoms with Gasteiger partial charge in [0.15, 0.2) is 0 Å². The molecule has 1 aliphatic heterocycles. The second-order valence-corrected chi connectivity index (χ2v) is 8.62. The highest BCUT2D eigenvalue weighted by Crippen LogP contribution is 2.47. The van der Waals surface area contributed by atoms with Crippen LogP contribution in [0.1, 0.15) is 66.4 Å². The first kappa shape index (κ1) is 15.1. The first-order valence-corrected chi connectivity index (χ1v) is 10.2. The van der Waals surface area contributed by atoms with Gasteiger partial charge in [0, 0.05) is 16.0 Å². The van der Waals surface area contributed by atoms with E-state index in [1.807, 2.05) is 6.07 Å². The van der Waals surface area contributed by atoms with Crippen molar-refractivity contribution in [3.8, 4) is 0 Å². The summed E-state index contributed by atoms with van der Waals surface area (Å²) >= 11 is 0. The van der Waals surface area contributed by atoms with Crippen LogP contribution in [0.4, 0.5) is 0 Å². The maximum Gasteiger partial charge on any atom is 0.0852 e. The van der Waals surface area contributed by atoms with Crippen LogP contribution in [0.25, 0.3) is 0 Å². The lowest BCUT2D eigenvalue weighted by atomic mass is 9.81. The van der Waals surface area contributed by atoms with Crippen molar-refractivity contribution in [1.29, 1.82) is 0 Å². The Bertz CT molecular complexity index is 694. The van der Waals surface area contributed by atoms with Crippen molar-refractivity contribution < 1.29 is 4.21 Å². The molecule has 2 heteroatoms. The normalized spacial score (nSPS) is 30.6. The molecular formula is C21H24OS. The summed E-state index contributed by atoms with van der Waals surface area (Å²) in [6.45, 7) is 0. The van der Waals surface area contributed by atoms with Crippen LogP contribution >= 0.6 is 0 Å². The molecule has 4 rings (SSSR count). The Hall–Kier alpha value is -1.41. The van der Waals surface area contributed by atoms with Gasteiger partial charge in [0.2, 0.25) is 0 Å². The van der Waals surface area contributed by atoms with E-state index in [9.17, 15) is 4.21 Å². The number of hydrogen-bond donors (Lipinski definition) is 0. The molecule has 0 aromatic heterocycles. The Kier molecular flexibility index (Phi) is 4.35. The fourth-order valence-electron chi connectivity index (χ4n) is 4.41. The predicted molar refractivity (Wildman–Crippen MR) is 97.1 cm³/mol. The average Bonchev–Trinajstić information content (AvgIpc) is 2.56. The van der Waals surface area contributed by atoms with Crippen molar-refractivity contribution in [3.05, 3.63) is 71.3 Å². The van der Waals surface area contributed by atoms with E-state index in [4.69, 9.17) is 0 Å². The van der Waals surface area contributed by atoms with Crippen molar-refractivity contribution in [1.82, 2.24) is 0 Å². The molecule has 120 valence electrons. The lowest BCUT2D eigenvalue weighted by Crippen LogP contribution is -2.34. The summed E-state index contributed by atoms with van der Waals surface area (Å²) in [6, 6.07) is 19.2. The van der Waals surface area contributed by atoms with Crippen LogP contribution in [0.3, 0.4) is 0 Å². The van der Waals surface area contributed by atoms with E-state index in [0.29, 0.717) is 11.2 Å². The Morgan fingerprint density at radius 3 is 2.17 bits per heavy atom. The maximum absolute atomic E-state index is 13.5. The van der Waals surface area contributed by atoms with Crippen LogP contribution in [-0.2, 0) is 10.8 Å². The van der Waals surface area contributed by atoms with Crippen LogP contribution in [0.5, 0.6) is 0 Å². The third-order valence-electron chi connectivity index (χ3n) is 5.51. The Balaban J connectivity index is 1.83. The largest absolute Gasteiger partial charge is 0.258 e. The molecule has 1 heterocycles. The first-order valence-electron chi connectivity index (χ1n) is 8.89. The molecule has 23 heavy (non-hydrogen) atoms. The van der Waals surface area contributed by atoms with Gasteiger partial charge in [-0.15, -0.1) is 0 Å². The highest BCUT2D eigenvalue weighted by molar-refractivity contribution is 7.86. The molecule has 0 radical (unpaired) electrons. The molecule has 1 aliphatic carbocycles. The monoisotopic (exact) mass is 324 g/mol. The number of rotatable bonds is 1. The summed E-state index contributed by atoms with van der Waals surface area (Å²) in [6.07, 6.45) is 7.47. The molecular weight excluding hydrogens is 300 g/mol. The fraction of sp³-hybridized carbons (Fsp3) is 0.429. The fourth-order valence-corrected chi connectivity index (χ4v) is 6.66. The third kappa shape index (κ3) is 2.78. The summed E-state index contributed by atoms with van der Waals surface area (Å²) < 4.78 is 13.5. The maximum atomic E-state index is 13.5. The Labute approximate surface area is 141 Å². The van der Waals surface area contributed by atoms with E-state index in [0.717, 1.165) is 6.42 Å². The van der Waals surface area contributed by atoms with Crippen LogP contribution in [0, 0.1) is 0 Å². The van der Waals surface area contributed by atoms with Gasteiger partial charge in [0.25, 0.3) is 0 Å². The first-order chi connectivity index (χ1) is 11.4. The minimum Gasteiger partial charge on any atom is -0.258 e. The minimum absolute atomic E-state index is 0.0491. The molecule has 2 aliphatic rings. The highest BCUT2D eigenvalue weighted by atomic mass is 32.2. The lowest BCUT2D eigenvalue weighted by Gasteiger charge is -2.39.